The van der Waals surface area contributed by atoms with Crippen molar-refractivity contribution in [2.45, 2.75) is 25.6 Å². The van der Waals surface area contributed by atoms with Gasteiger partial charge in [0.1, 0.15) is 5.37 Å². The predicted molar refractivity (Wildman–Crippen MR) is 93.6 cm³/mol. The van der Waals surface area contributed by atoms with Crippen LogP contribution in [0.15, 0.2) is 16.6 Å². The van der Waals surface area contributed by atoms with Gasteiger partial charge in [0, 0.05) is 28.8 Å². The number of carbonyl (C=O) groups is 1. The number of hydrogen-bond acceptors (Lipinski definition) is 4. The van der Waals surface area contributed by atoms with Crippen molar-refractivity contribution in [1.29, 1.82) is 0 Å². The second kappa shape index (κ2) is 7.59. The normalized spacial score (nSPS) is 18.7. The SMILES string of the molecule is COc1cc(Br)c(C2SCCC(=O)N2CC(C)C)cc1OC. The van der Waals surface area contributed by atoms with Gasteiger partial charge in [-0.15, -0.1) is 11.8 Å². The van der Waals surface area contributed by atoms with Crippen LogP contribution in [0.2, 0.25) is 0 Å². The number of hydrogen-bond donors (Lipinski definition) is 0. The van der Waals surface area contributed by atoms with Crippen molar-refractivity contribution in [3.8, 4) is 11.5 Å². The average molecular weight is 388 g/mol. The van der Waals surface area contributed by atoms with Crippen LogP contribution in [0.5, 0.6) is 11.5 Å². The molecule has 1 aromatic carbocycles. The molecular formula is C16H22BrNO3S. The van der Waals surface area contributed by atoms with Crippen LogP contribution in [0.25, 0.3) is 0 Å². The van der Waals surface area contributed by atoms with Gasteiger partial charge in [0.15, 0.2) is 11.5 Å². The molecule has 22 heavy (non-hydrogen) atoms. The van der Waals surface area contributed by atoms with Gasteiger partial charge in [0.2, 0.25) is 5.91 Å². The Bertz CT molecular complexity index is 550. The lowest BCUT2D eigenvalue weighted by Crippen LogP contribution is -2.39. The fraction of sp³-hybridized carbons (Fsp3) is 0.562. The van der Waals surface area contributed by atoms with E-state index in [9.17, 15) is 4.79 Å². The fourth-order valence-electron chi connectivity index (χ4n) is 2.53. The van der Waals surface area contributed by atoms with E-state index in [1.54, 1.807) is 26.0 Å². The van der Waals surface area contributed by atoms with Crippen LogP contribution in [-0.2, 0) is 4.79 Å². The molecule has 122 valence electrons. The Kier molecular flexibility index (Phi) is 6.03. The van der Waals surface area contributed by atoms with Crippen molar-refractivity contribution in [3.63, 3.8) is 0 Å². The van der Waals surface area contributed by atoms with E-state index in [1.807, 2.05) is 17.0 Å². The molecule has 1 aliphatic heterocycles. The number of carbonyl (C=O) groups excluding carboxylic acids is 1. The zero-order chi connectivity index (χ0) is 16.3. The molecule has 1 fully saturated rings. The van der Waals surface area contributed by atoms with E-state index in [2.05, 4.69) is 29.8 Å². The largest absolute Gasteiger partial charge is 0.493 e. The van der Waals surface area contributed by atoms with Crippen molar-refractivity contribution >= 4 is 33.6 Å². The van der Waals surface area contributed by atoms with Gasteiger partial charge < -0.3 is 14.4 Å². The Morgan fingerprint density at radius 3 is 2.55 bits per heavy atom. The average Bonchev–Trinajstić information content (AvgIpc) is 2.49. The van der Waals surface area contributed by atoms with Crippen molar-refractivity contribution in [3.05, 3.63) is 22.2 Å². The van der Waals surface area contributed by atoms with Crippen LogP contribution < -0.4 is 9.47 Å². The number of ether oxygens (including phenoxy) is 2. The molecule has 1 amide bonds. The fourth-order valence-corrected chi connectivity index (χ4v) is 4.49. The van der Waals surface area contributed by atoms with Gasteiger partial charge in [0.05, 0.1) is 14.2 Å². The maximum atomic E-state index is 12.3. The van der Waals surface area contributed by atoms with Gasteiger partial charge >= 0.3 is 0 Å². The van der Waals surface area contributed by atoms with Gasteiger partial charge in [-0.05, 0) is 18.1 Å². The van der Waals surface area contributed by atoms with Gasteiger partial charge in [-0.3, -0.25) is 4.79 Å². The maximum Gasteiger partial charge on any atom is 0.224 e. The predicted octanol–water partition coefficient (Wildman–Crippen LogP) is 4.09. The first-order valence-corrected chi connectivity index (χ1v) is 9.14. The minimum Gasteiger partial charge on any atom is -0.493 e. The third-order valence-corrected chi connectivity index (χ3v) is 5.48. The Labute approximate surface area is 144 Å². The van der Waals surface area contributed by atoms with Crippen molar-refractivity contribution in [2.24, 2.45) is 5.92 Å². The minimum atomic E-state index is 0.0119. The lowest BCUT2D eigenvalue weighted by atomic mass is 10.1. The molecule has 0 spiro atoms. The van der Waals surface area contributed by atoms with E-state index in [-0.39, 0.29) is 11.3 Å². The number of nitrogens with zero attached hydrogens (tertiary/aromatic N) is 1. The summed E-state index contributed by atoms with van der Waals surface area (Å²) in [5.74, 6) is 2.87. The molecule has 1 saturated heterocycles. The van der Waals surface area contributed by atoms with Gasteiger partial charge in [0.25, 0.3) is 0 Å². The quantitative estimate of drug-likeness (QED) is 0.762. The monoisotopic (exact) mass is 387 g/mol. The molecule has 2 rings (SSSR count). The molecule has 1 unspecified atom stereocenters. The third kappa shape index (κ3) is 3.71. The summed E-state index contributed by atoms with van der Waals surface area (Å²) < 4.78 is 11.7. The highest BCUT2D eigenvalue weighted by Crippen LogP contribution is 2.44. The summed E-state index contributed by atoms with van der Waals surface area (Å²) in [5.41, 5.74) is 1.05. The Hall–Kier alpha value is -0.880. The smallest absolute Gasteiger partial charge is 0.224 e. The topological polar surface area (TPSA) is 38.8 Å². The molecule has 1 aromatic rings. The van der Waals surface area contributed by atoms with Crippen molar-refractivity contribution in [2.75, 3.05) is 26.5 Å². The first-order chi connectivity index (χ1) is 10.5. The first kappa shape index (κ1) is 17.5. The van der Waals surface area contributed by atoms with Crippen LogP contribution in [-0.4, -0.2) is 37.3 Å². The Morgan fingerprint density at radius 1 is 1.32 bits per heavy atom. The number of amides is 1. The zero-order valence-electron chi connectivity index (χ0n) is 13.4. The molecule has 1 atom stereocenters. The van der Waals surface area contributed by atoms with Crippen LogP contribution in [0, 0.1) is 5.92 Å². The van der Waals surface area contributed by atoms with Crippen LogP contribution >= 0.6 is 27.7 Å². The van der Waals surface area contributed by atoms with Gasteiger partial charge in [-0.2, -0.15) is 0 Å². The van der Waals surface area contributed by atoms with Crippen molar-refractivity contribution in [1.82, 2.24) is 4.90 Å². The number of thioether (sulfide) groups is 1. The second-order valence-electron chi connectivity index (χ2n) is 5.64. The molecule has 0 N–H and O–H groups in total. The molecule has 0 aromatic heterocycles. The van der Waals surface area contributed by atoms with Crippen LogP contribution in [0.1, 0.15) is 31.2 Å². The summed E-state index contributed by atoms with van der Waals surface area (Å²) in [5, 5.41) is 0.0119. The molecule has 0 aliphatic carbocycles. The molecule has 6 heteroatoms. The summed E-state index contributed by atoms with van der Waals surface area (Å²) in [6, 6.07) is 3.87. The van der Waals surface area contributed by atoms with E-state index >= 15 is 0 Å². The highest BCUT2D eigenvalue weighted by molar-refractivity contribution is 9.10. The number of benzene rings is 1. The Morgan fingerprint density at radius 2 is 1.95 bits per heavy atom. The molecule has 4 nitrogen and oxygen atoms in total. The van der Waals surface area contributed by atoms with Crippen molar-refractivity contribution < 1.29 is 14.3 Å². The number of methoxy groups -OCH3 is 2. The lowest BCUT2D eigenvalue weighted by molar-refractivity contribution is -0.132. The standard InChI is InChI=1S/C16H22BrNO3S/c1-10(2)9-18-15(19)5-6-22-16(18)11-7-13(20-3)14(21-4)8-12(11)17/h7-8,10,16H,5-6,9H2,1-4H3. The summed E-state index contributed by atoms with van der Waals surface area (Å²) in [4.78, 5) is 14.3. The van der Waals surface area contributed by atoms with E-state index in [0.717, 1.165) is 22.3 Å². The summed E-state index contributed by atoms with van der Waals surface area (Å²) in [6.07, 6.45) is 0.610. The molecule has 1 aliphatic rings. The van der Waals surface area contributed by atoms with Gasteiger partial charge in [-0.25, -0.2) is 0 Å². The van der Waals surface area contributed by atoms with Crippen LogP contribution in [0.4, 0.5) is 0 Å². The maximum absolute atomic E-state index is 12.3. The van der Waals surface area contributed by atoms with Crippen LogP contribution in [0.3, 0.4) is 0 Å². The molecule has 0 radical (unpaired) electrons. The molecular weight excluding hydrogens is 366 g/mol. The van der Waals surface area contributed by atoms with E-state index in [4.69, 9.17) is 9.47 Å². The second-order valence-corrected chi connectivity index (χ2v) is 7.68. The molecule has 1 heterocycles. The van der Waals surface area contributed by atoms with E-state index in [1.165, 1.54) is 0 Å². The zero-order valence-corrected chi connectivity index (χ0v) is 15.8. The number of halogens is 1. The first-order valence-electron chi connectivity index (χ1n) is 7.30. The highest BCUT2D eigenvalue weighted by Gasteiger charge is 2.32. The molecule has 0 bridgehead atoms. The summed E-state index contributed by atoms with van der Waals surface area (Å²) in [6.45, 7) is 5.03. The molecule has 0 saturated carbocycles. The summed E-state index contributed by atoms with van der Waals surface area (Å²) in [7, 11) is 3.24. The Balaban J connectivity index is 2.41. The highest BCUT2D eigenvalue weighted by atomic mass is 79.9. The number of rotatable bonds is 5. The lowest BCUT2D eigenvalue weighted by Gasteiger charge is -2.37. The third-order valence-electron chi connectivity index (χ3n) is 3.53. The van der Waals surface area contributed by atoms with E-state index in [0.29, 0.717) is 23.8 Å². The van der Waals surface area contributed by atoms with E-state index < -0.39 is 0 Å². The minimum absolute atomic E-state index is 0.0119. The van der Waals surface area contributed by atoms with Gasteiger partial charge in [-0.1, -0.05) is 29.8 Å². The summed E-state index contributed by atoms with van der Waals surface area (Å²) >= 11 is 5.41.